The Labute approximate surface area is 160 Å². The van der Waals surface area contributed by atoms with Crippen molar-refractivity contribution in [2.45, 2.75) is 32.6 Å². The van der Waals surface area contributed by atoms with Crippen LogP contribution in [0.4, 0.5) is 5.69 Å². The van der Waals surface area contributed by atoms with Crippen LogP contribution in [0.15, 0.2) is 72.8 Å². The predicted octanol–water partition coefficient (Wildman–Crippen LogP) is 6.48. The van der Waals surface area contributed by atoms with Crippen LogP contribution in [0.1, 0.15) is 36.5 Å². The minimum atomic E-state index is 0.195. The third-order valence-electron chi connectivity index (χ3n) is 6.45. The van der Waals surface area contributed by atoms with Crippen LogP contribution in [0.3, 0.4) is 0 Å². The molecule has 0 bridgehead atoms. The smallest absolute Gasteiger partial charge is 0.0316 e. The van der Waals surface area contributed by atoms with Crippen molar-refractivity contribution in [3.63, 3.8) is 0 Å². The van der Waals surface area contributed by atoms with E-state index in [0.717, 1.165) is 18.5 Å². The van der Waals surface area contributed by atoms with Gasteiger partial charge < -0.3 is 5.73 Å². The number of nitrogens with two attached hydrogens (primary N) is 1. The van der Waals surface area contributed by atoms with Crippen LogP contribution < -0.4 is 5.73 Å². The van der Waals surface area contributed by atoms with Gasteiger partial charge in [0.05, 0.1) is 0 Å². The van der Waals surface area contributed by atoms with Gasteiger partial charge in [-0.25, -0.2) is 0 Å². The van der Waals surface area contributed by atoms with Crippen molar-refractivity contribution in [3.05, 3.63) is 89.5 Å². The molecule has 1 unspecified atom stereocenters. The molecule has 1 nitrogen and oxygen atoms in total. The van der Waals surface area contributed by atoms with Gasteiger partial charge in [0.25, 0.3) is 0 Å². The van der Waals surface area contributed by atoms with Gasteiger partial charge in [0, 0.05) is 5.69 Å². The van der Waals surface area contributed by atoms with Crippen LogP contribution in [0, 0.1) is 5.41 Å². The first kappa shape index (κ1) is 16.4. The third-order valence-corrected chi connectivity index (χ3v) is 6.45. The fraction of sp³-hybridized carbons (Fsp3) is 0.231. The summed E-state index contributed by atoms with van der Waals surface area (Å²) in [5, 5.41) is 5.47. The summed E-state index contributed by atoms with van der Waals surface area (Å²) >= 11 is 0. The molecule has 1 aliphatic carbocycles. The lowest BCUT2D eigenvalue weighted by molar-refractivity contribution is 0.264. The molecular formula is C26H25N. The quantitative estimate of drug-likeness (QED) is 0.308. The lowest BCUT2D eigenvalue weighted by Gasteiger charge is -2.41. The second-order valence-corrected chi connectivity index (χ2v) is 8.68. The average molecular weight is 351 g/mol. The van der Waals surface area contributed by atoms with E-state index in [1.807, 2.05) is 6.07 Å². The topological polar surface area (TPSA) is 26.0 Å². The Balaban J connectivity index is 1.69. The molecule has 1 heteroatoms. The van der Waals surface area contributed by atoms with Crippen molar-refractivity contribution < 1.29 is 0 Å². The largest absolute Gasteiger partial charge is 0.399 e. The summed E-state index contributed by atoms with van der Waals surface area (Å²) in [6.07, 6.45) is 2.17. The maximum atomic E-state index is 6.08. The standard InChI is InChI=1S/C26H25N/c1-26(2)16-24-18(15-25(26)19-7-5-8-20(27)14-19)11-13-22-21-9-4-3-6-17(21)10-12-23(22)24/h3-14,25H,15-16,27H2,1-2H3. The minimum Gasteiger partial charge on any atom is -0.399 e. The highest BCUT2D eigenvalue weighted by Gasteiger charge is 2.36. The number of rotatable bonds is 1. The predicted molar refractivity (Wildman–Crippen MR) is 116 cm³/mol. The molecule has 0 amide bonds. The zero-order valence-corrected chi connectivity index (χ0v) is 16.0. The summed E-state index contributed by atoms with van der Waals surface area (Å²) in [5.74, 6) is 0.492. The van der Waals surface area contributed by atoms with Crippen molar-refractivity contribution in [3.8, 4) is 0 Å². The number of nitrogen functional groups attached to an aromatic ring is 1. The molecule has 0 spiro atoms. The zero-order chi connectivity index (χ0) is 18.6. The van der Waals surface area contributed by atoms with E-state index in [9.17, 15) is 0 Å². The molecule has 27 heavy (non-hydrogen) atoms. The molecule has 134 valence electrons. The van der Waals surface area contributed by atoms with E-state index in [1.165, 1.54) is 38.2 Å². The Morgan fingerprint density at radius 3 is 2.48 bits per heavy atom. The number of fused-ring (bicyclic) bond motifs is 5. The van der Waals surface area contributed by atoms with E-state index >= 15 is 0 Å². The highest BCUT2D eigenvalue weighted by Crippen LogP contribution is 2.47. The van der Waals surface area contributed by atoms with Gasteiger partial charge >= 0.3 is 0 Å². The fourth-order valence-electron chi connectivity index (χ4n) is 5.02. The van der Waals surface area contributed by atoms with E-state index in [2.05, 4.69) is 80.6 Å². The highest BCUT2D eigenvalue weighted by molar-refractivity contribution is 6.08. The van der Waals surface area contributed by atoms with Gasteiger partial charge in [-0.05, 0) is 74.5 Å². The first-order valence-corrected chi connectivity index (χ1v) is 9.81. The van der Waals surface area contributed by atoms with E-state index < -0.39 is 0 Å². The zero-order valence-electron chi connectivity index (χ0n) is 16.0. The van der Waals surface area contributed by atoms with E-state index in [4.69, 9.17) is 5.73 Å². The molecule has 4 aromatic rings. The molecule has 0 aliphatic heterocycles. The van der Waals surface area contributed by atoms with Crippen LogP contribution in [0.5, 0.6) is 0 Å². The van der Waals surface area contributed by atoms with Crippen LogP contribution in [0.2, 0.25) is 0 Å². The fourth-order valence-corrected chi connectivity index (χ4v) is 5.02. The number of benzene rings is 4. The first-order valence-electron chi connectivity index (χ1n) is 9.81. The molecule has 0 aromatic heterocycles. The maximum absolute atomic E-state index is 6.08. The van der Waals surface area contributed by atoms with Crippen molar-refractivity contribution in [2.75, 3.05) is 5.73 Å². The normalized spacial score (nSPS) is 18.5. The summed E-state index contributed by atoms with van der Waals surface area (Å²) in [7, 11) is 0. The SMILES string of the molecule is CC1(C)Cc2c(ccc3c2ccc2ccccc23)CC1c1cccc(N)c1. The van der Waals surface area contributed by atoms with Gasteiger partial charge in [0.1, 0.15) is 0 Å². The van der Waals surface area contributed by atoms with E-state index in [-0.39, 0.29) is 5.41 Å². The van der Waals surface area contributed by atoms with Crippen LogP contribution >= 0.6 is 0 Å². The van der Waals surface area contributed by atoms with Crippen LogP contribution in [0.25, 0.3) is 21.5 Å². The molecular weight excluding hydrogens is 326 g/mol. The number of hydrogen-bond donors (Lipinski definition) is 1. The highest BCUT2D eigenvalue weighted by atomic mass is 14.5. The monoisotopic (exact) mass is 351 g/mol. The molecule has 0 saturated heterocycles. The van der Waals surface area contributed by atoms with Crippen molar-refractivity contribution in [1.29, 1.82) is 0 Å². The van der Waals surface area contributed by atoms with Crippen molar-refractivity contribution in [2.24, 2.45) is 5.41 Å². The molecule has 1 atom stereocenters. The number of hydrogen-bond acceptors (Lipinski definition) is 1. The summed E-state index contributed by atoms with van der Waals surface area (Å²) in [5.41, 5.74) is 11.5. The van der Waals surface area contributed by atoms with Gasteiger partial charge in [-0.3, -0.25) is 0 Å². The molecule has 0 fully saturated rings. The third kappa shape index (κ3) is 2.61. The second-order valence-electron chi connectivity index (χ2n) is 8.68. The van der Waals surface area contributed by atoms with E-state index in [1.54, 1.807) is 0 Å². The summed E-state index contributed by atoms with van der Waals surface area (Å²) in [4.78, 5) is 0. The van der Waals surface area contributed by atoms with E-state index in [0.29, 0.717) is 5.92 Å². The molecule has 0 heterocycles. The van der Waals surface area contributed by atoms with Gasteiger partial charge in [-0.15, -0.1) is 0 Å². The Morgan fingerprint density at radius 2 is 1.63 bits per heavy atom. The van der Waals surface area contributed by atoms with Crippen molar-refractivity contribution in [1.82, 2.24) is 0 Å². The Bertz CT molecular complexity index is 1170. The molecule has 1 aliphatic rings. The van der Waals surface area contributed by atoms with Gasteiger partial charge in [0.15, 0.2) is 0 Å². The summed E-state index contributed by atoms with van der Waals surface area (Å²) in [6, 6.07) is 26.4. The van der Waals surface area contributed by atoms with Gasteiger partial charge in [0.2, 0.25) is 0 Å². The summed E-state index contributed by atoms with van der Waals surface area (Å²) < 4.78 is 0. The lowest BCUT2D eigenvalue weighted by Crippen LogP contribution is -2.31. The minimum absolute atomic E-state index is 0.195. The van der Waals surface area contributed by atoms with Crippen LogP contribution in [-0.4, -0.2) is 0 Å². The molecule has 0 radical (unpaired) electrons. The molecule has 5 rings (SSSR count). The maximum Gasteiger partial charge on any atom is 0.0316 e. The summed E-state index contributed by atoms with van der Waals surface area (Å²) in [6.45, 7) is 4.81. The molecule has 0 saturated carbocycles. The van der Waals surface area contributed by atoms with Crippen molar-refractivity contribution >= 4 is 27.2 Å². The van der Waals surface area contributed by atoms with Gasteiger partial charge in [-0.2, -0.15) is 0 Å². The Hall–Kier alpha value is -2.80. The first-order chi connectivity index (χ1) is 13.0. The molecule has 2 N–H and O–H groups in total. The molecule has 4 aromatic carbocycles. The average Bonchev–Trinajstić information content (AvgIpc) is 2.66. The number of anilines is 1. The van der Waals surface area contributed by atoms with Crippen LogP contribution in [-0.2, 0) is 12.8 Å². The Morgan fingerprint density at radius 1 is 0.815 bits per heavy atom. The second kappa shape index (κ2) is 5.85. The van der Waals surface area contributed by atoms with Gasteiger partial charge in [-0.1, -0.05) is 74.5 Å². The lowest BCUT2D eigenvalue weighted by atomic mass is 9.63. The Kier molecular flexibility index (Phi) is 3.55.